The smallest absolute Gasteiger partial charge is 0.156 e. The molecule has 0 heterocycles. The van der Waals surface area contributed by atoms with Crippen molar-refractivity contribution < 1.29 is 4.74 Å². The second-order valence-corrected chi connectivity index (χ2v) is 5.84. The van der Waals surface area contributed by atoms with Gasteiger partial charge in [-0.05, 0) is 46.6 Å². The molecule has 0 saturated heterocycles. The molecule has 0 aliphatic rings. The van der Waals surface area contributed by atoms with E-state index in [0.717, 1.165) is 26.5 Å². The molecule has 0 bridgehead atoms. The lowest BCUT2D eigenvalue weighted by atomic mass is 10.2. The molecule has 0 aliphatic heterocycles. The quantitative estimate of drug-likeness (QED) is 0.717. The average Bonchev–Trinajstić information content (AvgIpc) is 2.41. The van der Waals surface area contributed by atoms with E-state index in [-0.39, 0.29) is 0 Å². The van der Waals surface area contributed by atoms with Gasteiger partial charge in [-0.1, -0.05) is 41.4 Å². The predicted molar refractivity (Wildman–Crippen MR) is 89.1 cm³/mol. The molecule has 0 radical (unpaired) electrons. The van der Waals surface area contributed by atoms with Gasteiger partial charge in [-0.15, -0.1) is 0 Å². The lowest BCUT2D eigenvalue weighted by Gasteiger charge is -2.15. The van der Waals surface area contributed by atoms with E-state index >= 15 is 0 Å². The van der Waals surface area contributed by atoms with Gasteiger partial charge in [0.25, 0.3) is 0 Å². The molecule has 0 saturated carbocycles. The van der Waals surface area contributed by atoms with Crippen LogP contribution < -0.4 is 10.1 Å². The van der Waals surface area contributed by atoms with Crippen LogP contribution in [0.15, 0.2) is 40.9 Å². The molecule has 106 valence electrons. The third-order valence-corrected chi connectivity index (χ3v) is 3.90. The van der Waals surface area contributed by atoms with Gasteiger partial charge in [0, 0.05) is 16.6 Å². The van der Waals surface area contributed by atoms with E-state index in [0.29, 0.717) is 18.2 Å². The van der Waals surface area contributed by atoms with Crippen LogP contribution in [0.25, 0.3) is 0 Å². The van der Waals surface area contributed by atoms with Gasteiger partial charge >= 0.3 is 0 Å². The minimum atomic E-state index is 0.584. The Morgan fingerprint density at radius 1 is 1.20 bits per heavy atom. The highest BCUT2D eigenvalue weighted by Gasteiger charge is 2.10. The van der Waals surface area contributed by atoms with Crippen molar-refractivity contribution in [2.24, 2.45) is 0 Å². The van der Waals surface area contributed by atoms with Crippen LogP contribution in [0.2, 0.25) is 10.0 Å². The van der Waals surface area contributed by atoms with Crippen LogP contribution in [0, 0.1) is 0 Å². The van der Waals surface area contributed by atoms with E-state index in [1.165, 1.54) is 0 Å². The van der Waals surface area contributed by atoms with Crippen LogP contribution in [0.4, 0.5) is 5.69 Å². The summed E-state index contributed by atoms with van der Waals surface area (Å²) in [7, 11) is 0. The third-order valence-electron chi connectivity index (χ3n) is 2.72. The van der Waals surface area contributed by atoms with Crippen molar-refractivity contribution in [1.82, 2.24) is 0 Å². The normalized spacial score (nSPS) is 10.4. The highest BCUT2D eigenvalue weighted by molar-refractivity contribution is 9.10. The van der Waals surface area contributed by atoms with Crippen molar-refractivity contribution in [3.05, 3.63) is 56.5 Å². The minimum absolute atomic E-state index is 0.584. The molecule has 2 rings (SSSR count). The molecule has 0 aromatic heterocycles. The number of ether oxygens (including phenoxy) is 1. The molecule has 2 nitrogen and oxygen atoms in total. The van der Waals surface area contributed by atoms with E-state index in [1.54, 1.807) is 0 Å². The molecule has 0 fully saturated rings. The molecular weight excluding hydrogens is 361 g/mol. The van der Waals surface area contributed by atoms with Crippen LogP contribution >= 0.6 is 39.1 Å². The third kappa shape index (κ3) is 3.81. The zero-order chi connectivity index (χ0) is 14.5. The highest BCUT2D eigenvalue weighted by atomic mass is 79.9. The van der Waals surface area contributed by atoms with E-state index < -0.39 is 0 Å². The molecule has 0 unspecified atom stereocenters. The molecule has 0 amide bonds. The summed E-state index contributed by atoms with van der Waals surface area (Å²) in [6.45, 7) is 3.13. The first-order valence-electron chi connectivity index (χ1n) is 6.21. The molecule has 1 N–H and O–H groups in total. The minimum Gasteiger partial charge on any atom is -0.491 e. The molecule has 0 spiro atoms. The van der Waals surface area contributed by atoms with Crippen LogP contribution in [-0.2, 0) is 6.54 Å². The maximum atomic E-state index is 6.15. The van der Waals surface area contributed by atoms with E-state index in [2.05, 4.69) is 21.2 Å². The SMILES string of the molecule is CCOc1c(Br)cc(Cl)cc1NCc1ccccc1Cl. The zero-order valence-electron chi connectivity index (χ0n) is 10.9. The molecule has 2 aromatic carbocycles. The number of halogens is 3. The maximum absolute atomic E-state index is 6.15. The molecular formula is C15H14BrCl2NO. The van der Waals surface area contributed by atoms with Gasteiger partial charge in [0.05, 0.1) is 16.8 Å². The number of nitrogens with one attached hydrogen (secondary N) is 1. The summed E-state index contributed by atoms with van der Waals surface area (Å²) in [5.74, 6) is 0.754. The molecule has 5 heteroatoms. The topological polar surface area (TPSA) is 21.3 Å². The van der Waals surface area contributed by atoms with Gasteiger partial charge in [-0.25, -0.2) is 0 Å². The summed E-state index contributed by atoms with van der Waals surface area (Å²) >= 11 is 15.7. The van der Waals surface area contributed by atoms with Crippen LogP contribution in [0.5, 0.6) is 5.75 Å². The van der Waals surface area contributed by atoms with E-state index in [9.17, 15) is 0 Å². The van der Waals surface area contributed by atoms with E-state index in [4.69, 9.17) is 27.9 Å². The van der Waals surface area contributed by atoms with Crippen molar-refractivity contribution in [2.45, 2.75) is 13.5 Å². The van der Waals surface area contributed by atoms with Crippen LogP contribution in [-0.4, -0.2) is 6.61 Å². The second kappa shape index (κ2) is 7.21. The van der Waals surface area contributed by atoms with Crippen molar-refractivity contribution in [2.75, 3.05) is 11.9 Å². The fraction of sp³-hybridized carbons (Fsp3) is 0.200. The Morgan fingerprint density at radius 2 is 1.95 bits per heavy atom. The summed E-state index contributed by atoms with van der Waals surface area (Å²) in [5.41, 5.74) is 1.86. The fourth-order valence-corrected chi connectivity index (χ4v) is 2.94. The summed E-state index contributed by atoms with van der Waals surface area (Å²) in [5, 5.41) is 4.69. The zero-order valence-corrected chi connectivity index (χ0v) is 14.0. The second-order valence-electron chi connectivity index (χ2n) is 4.14. The fourth-order valence-electron chi connectivity index (χ4n) is 1.81. The number of benzene rings is 2. The maximum Gasteiger partial charge on any atom is 0.156 e. The molecule has 20 heavy (non-hydrogen) atoms. The first kappa shape index (κ1) is 15.5. The largest absolute Gasteiger partial charge is 0.491 e. The monoisotopic (exact) mass is 373 g/mol. The Morgan fingerprint density at radius 3 is 2.65 bits per heavy atom. The predicted octanol–water partition coefficient (Wildman–Crippen LogP) is 5.77. The van der Waals surface area contributed by atoms with Gasteiger partial charge < -0.3 is 10.1 Å². The molecule has 0 atom stereocenters. The van der Waals surface area contributed by atoms with Crippen molar-refractivity contribution in [3.8, 4) is 5.75 Å². The van der Waals surface area contributed by atoms with Gasteiger partial charge in [0.1, 0.15) is 0 Å². The summed E-state index contributed by atoms with van der Waals surface area (Å²) in [4.78, 5) is 0. The first-order valence-corrected chi connectivity index (χ1v) is 7.75. The Hall–Kier alpha value is -0.900. The number of hydrogen-bond donors (Lipinski definition) is 1. The Kier molecular flexibility index (Phi) is 5.58. The van der Waals surface area contributed by atoms with Crippen LogP contribution in [0.1, 0.15) is 12.5 Å². The highest BCUT2D eigenvalue weighted by Crippen LogP contribution is 2.37. The Balaban J connectivity index is 2.22. The Labute approximate surface area is 137 Å². The summed E-state index contributed by atoms with van der Waals surface area (Å²) < 4.78 is 6.47. The number of rotatable bonds is 5. The lowest BCUT2D eigenvalue weighted by molar-refractivity contribution is 0.339. The van der Waals surface area contributed by atoms with Crippen molar-refractivity contribution in [3.63, 3.8) is 0 Å². The summed E-state index contributed by atoms with van der Waals surface area (Å²) in [6, 6.07) is 11.4. The van der Waals surface area contributed by atoms with Crippen LogP contribution in [0.3, 0.4) is 0 Å². The van der Waals surface area contributed by atoms with Crippen molar-refractivity contribution in [1.29, 1.82) is 0 Å². The Bertz CT molecular complexity index is 604. The van der Waals surface area contributed by atoms with Gasteiger partial charge in [-0.2, -0.15) is 0 Å². The molecule has 2 aromatic rings. The van der Waals surface area contributed by atoms with E-state index in [1.807, 2.05) is 43.3 Å². The van der Waals surface area contributed by atoms with Gasteiger partial charge in [0.15, 0.2) is 5.75 Å². The number of hydrogen-bond acceptors (Lipinski definition) is 2. The molecule has 0 aliphatic carbocycles. The average molecular weight is 375 g/mol. The van der Waals surface area contributed by atoms with Gasteiger partial charge in [-0.3, -0.25) is 0 Å². The first-order chi connectivity index (χ1) is 9.61. The van der Waals surface area contributed by atoms with Crippen molar-refractivity contribution >= 4 is 44.8 Å². The standard InChI is InChI=1S/C15H14BrCl2NO/c1-2-20-15-12(16)7-11(17)8-14(15)19-9-10-5-3-4-6-13(10)18/h3-8,19H,2,9H2,1H3. The van der Waals surface area contributed by atoms with Gasteiger partial charge in [0.2, 0.25) is 0 Å². The number of anilines is 1. The summed E-state index contributed by atoms with van der Waals surface area (Å²) in [6.07, 6.45) is 0. The lowest BCUT2D eigenvalue weighted by Crippen LogP contribution is -2.04.